The van der Waals surface area contributed by atoms with Crippen molar-refractivity contribution in [1.82, 2.24) is 26.4 Å². The van der Waals surface area contributed by atoms with E-state index in [0.717, 1.165) is 35.6 Å². The van der Waals surface area contributed by atoms with E-state index in [0.29, 0.717) is 31.3 Å². The predicted molar refractivity (Wildman–Crippen MR) is 294 cm³/mol. The number of amides is 4. The van der Waals surface area contributed by atoms with E-state index in [1.165, 1.54) is 19.9 Å². The summed E-state index contributed by atoms with van der Waals surface area (Å²) in [5.74, 6) is -10.2. The molecule has 0 aliphatic carbocycles. The maximum Gasteiger partial charge on any atom is 0.325 e. The maximum absolute atomic E-state index is 15.4. The number of fused-ring (bicyclic) bond motifs is 2. The van der Waals surface area contributed by atoms with Crippen LogP contribution in [0.5, 0.6) is 5.75 Å². The van der Waals surface area contributed by atoms with Crippen molar-refractivity contribution >= 4 is 35.4 Å². The number of nitrogens with zero attached hydrogens (tertiary/aromatic N) is 1. The number of aliphatic hydroxyl groups is 3. The number of cyclic esters (lactones) is 1. The molecule has 17 nitrogen and oxygen atoms in total. The van der Waals surface area contributed by atoms with E-state index >= 15 is 4.39 Å². The van der Waals surface area contributed by atoms with Crippen LogP contribution in [0.1, 0.15) is 139 Å². The summed E-state index contributed by atoms with van der Waals surface area (Å²) in [6, 6.07) is -2.16. The largest absolute Gasteiger partial charge is 0.503 e. The summed E-state index contributed by atoms with van der Waals surface area (Å²) >= 11 is 0. The molecule has 2 saturated heterocycles. The molecule has 1 unspecified atom stereocenters. The zero-order valence-corrected chi connectivity index (χ0v) is 47.7. The standard InChI is InChI=1S/C60H87F2N5O12/c1-11-41-30-38(8)60(65-55(41)73)37(7)29-36(6)50(79-60)32-48(70)34(4)19-14-12-15-20-35(5)49-23-17-13-16-22-47(69)40(10)53(71)43(26-24-39(9)68)56(74)64-52(33(2)3)57(75)63-46(31-42-25-27-44(61)54(72)51(42)62)58(76)67-28-18-21-45(66-67)59(77)78-49/h12-13,15-17,20,22,25,27,29,33-34,36,38,40-41,43,45-50,52-53,66,69-72H,11,14,18-19,21,23-24,26,28,30-32H2,1-10H3,(H,63,75)(H,64,74)(H,65,73)/t34-,36+,38-,40-,41-,43+,45?,46-,47-,48-,49-,50-,52-,53+,60-/m0/s1. The smallest absolute Gasteiger partial charge is 0.325 e. The number of piperidine rings is 1. The normalized spacial score (nSPS) is 31.9. The van der Waals surface area contributed by atoms with Crippen molar-refractivity contribution in [3.8, 4) is 5.75 Å². The lowest BCUT2D eigenvalue weighted by atomic mass is 9.75. The molecule has 0 radical (unpaired) electrons. The fraction of sp³-hybridized carbons (Fsp3) is 0.633. The fourth-order valence-corrected chi connectivity index (χ4v) is 11.0. The molecule has 19 heteroatoms. The summed E-state index contributed by atoms with van der Waals surface area (Å²) in [7, 11) is 0. The highest BCUT2D eigenvalue weighted by Crippen LogP contribution is 2.43. The highest BCUT2D eigenvalue weighted by molar-refractivity contribution is 5.93. The van der Waals surface area contributed by atoms with Gasteiger partial charge in [-0.15, -0.1) is 0 Å². The van der Waals surface area contributed by atoms with Gasteiger partial charge in [0.25, 0.3) is 5.91 Å². The van der Waals surface area contributed by atoms with Gasteiger partial charge in [-0.2, -0.15) is 0 Å². The van der Waals surface area contributed by atoms with Gasteiger partial charge in [0.2, 0.25) is 17.7 Å². The Morgan fingerprint density at radius 1 is 1.00 bits per heavy atom. The molecule has 2 fully saturated rings. The first-order valence-corrected chi connectivity index (χ1v) is 28.2. The molecular weight excluding hydrogens is 1020 g/mol. The van der Waals surface area contributed by atoms with Crippen LogP contribution in [0.15, 0.2) is 71.9 Å². The molecule has 79 heavy (non-hydrogen) atoms. The third kappa shape index (κ3) is 16.7. The predicted octanol–water partition coefficient (Wildman–Crippen LogP) is 6.63. The Morgan fingerprint density at radius 2 is 1.72 bits per heavy atom. The molecule has 0 aromatic heterocycles. The molecule has 4 amide bonds. The average Bonchev–Trinajstić information content (AvgIpc) is 3.50. The molecular formula is C60H87F2N5O12. The minimum absolute atomic E-state index is 0.00811. The number of allylic oxidation sites excluding steroid dienone is 5. The minimum Gasteiger partial charge on any atom is -0.503 e. The van der Waals surface area contributed by atoms with E-state index < -0.39 is 114 Å². The van der Waals surface area contributed by atoms with Crippen molar-refractivity contribution < 1.29 is 67.4 Å². The average molecular weight is 1110 g/mol. The topological polar surface area (TPSA) is 253 Å². The number of aliphatic hydroxyl groups excluding tert-OH is 3. The van der Waals surface area contributed by atoms with Crippen LogP contribution in [0.3, 0.4) is 0 Å². The Balaban J connectivity index is 1.37. The number of Topliss-reactive ketones (excluding diaryl/α,β-unsaturated/α-hetero) is 1. The number of benzene rings is 1. The molecule has 4 heterocycles. The van der Waals surface area contributed by atoms with Crippen LogP contribution in [0, 0.1) is 53.1 Å². The number of halogens is 2. The number of hydrogen-bond donors (Lipinski definition) is 8. The molecule has 4 aliphatic rings. The summed E-state index contributed by atoms with van der Waals surface area (Å²) in [5.41, 5.74) is 3.36. The number of nitrogens with one attached hydrogen (secondary N) is 4. The fourth-order valence-electron chi connectivity index (χ4n) is 11.0. The third-order valence-electron chi connectivity index (χ3n) is 16.4. The summed E-state index contributed by atoms with van der Waals surface area (Å²) in [6.07, 6.45) is 12.7. The maximum atomic E-state index is 15.4. The number of ether oxygens (including phenoxy) is 2. The van der Waals surface area contributed by atoms with Crippen LogP contribution in [0.4, 0.5) is 8.78 Å². The number of ketones is 1. The van der Waals surface area contributed by atoms with Crippen molar-refractivity contribution in [2.45, 2.75) is 194 Å². The number of rotatable bonds is 15. The first-order valence-electron chi connectivity index (χ1n) is 28.2. The minimum atomic E-state index is -1.60. The van der Waals surface area contributed by atoms with E-state index in [4.69, 9.17) is 9.47 Å². The lowest BCUT2D eigenvalue weighted by molar-refractivity contribution is -0.179. The van der Waals surface area contributed by atoms with Gasteiger partial charge in [0, 0.05) is 55.9 Å². The SMILES string of the molecule is CC[C@H]1C[C@H](C)[C@@]2(NC1=O)O[C@@H](C[C@H](O)[C@@H](C)CCC=CC=C(C)[C@@H]1CC=CC=C[C@H](O)[C@H](C)[C@@H](O)[C@@H](CCC(C)=O)C(=O)N[C@@H](C(C)C)C(=O)N[C@@H](Cc3ccc(F)c(O)c3F)C(=O)N3CCCC(N3)C(=O)O1)[C@H](C)C=C2C. The van der Waals surface area contributed by atoms with Gasteiger partial charge in [-0.25, -0.2) is 14.2 Å². The Kier molecular flexibility index (Phi) is 23.8. The van der Waals surface area contributed by atoms with Crippen LogP contribution in [-0.4, -0.2) is 122 Å². The Bertz CT molecular complexity index is 2480. The zero-order chi connectivity index (χ0) is 58.5. The van der Waals surface area contributed by atoms with Gasteiger partial charge in [0.15, 0.2) is 23.1 Å². The lowest BCUT2D eigenvalue weighted by Crippen LogP contribution is -2.64. The van der Waals surface area contributed by atoms with Crippen molar-refractivity contribution in [1.29, 1.82) is 0 Å². The number of aromatic hydroxyl groups is 1. The summed E-state index contributed by atoms with van der Waals surface area (Å²) in [6.45, 7) is 18.1. The first kappa shape index (κ1) is 64.2. The highest BCUT2D eigenvalue weighted by atomic mass is 19.1. The molecule has 15 atom stereocenters. The molecule has 5 rings (SSSR count). The van der Waals surface area contributed by atoms with E-state index in [9.17, 15) is 53.6 Å². The molecule has 2 bridgehead atoms. The second-order valence-corrected chi connectivity index (χ2v) is 22.9. The van der Waals surface area contributed by atoms with Gasteiger partial charge >= 0.3 is 5.97 Å². The third-order valence-corrected chi connectivity index (χ3v) is 16.4. The quantitative estimate of drug-likeness (QED) is 0.0522. The van der Waals surface area contributed by atoms with Gasteiger partial charge in [0.05, 0.1) is 30.3 Å². The van der Waals surface area contributed by atoms with Gasteiger partial charge in [-0.3, -0.25) is 29.0 Å². The Morgan fingerprint density at radius 3 is 2.41 bits per heavy atom. The second kappa shape index (κ2) is 29.2. The first-order chi connectivity index (χ1) is 37.3. The highest BCUT2D eigenvalue weighted by Gasteiger charge is 2.51. The van der Waals surface area contributed by atoms with Gasteiger partial charge in [-0.1, -0.05) is 103 Å². The molecule has 0 saturated carbocycles. The number of hydrogen-bond acceptors (Lipinski definition) is 13. The van der Waals surface area contributed by atoms with E-state index in [1.54, 1.807) is 39.0 Å². The summed E-state index contributed by atoms with van der Waals surface area (Å²) < 4.78 is 42.5. The van der Waals surface area contributed by atoms with Gasteiger partial charge in [-0.05, 0) is 100 Å². The Labute approximate surface area is 464 Å². The molecule has 1 aromatic carbocycles. The van der Waals surface area contributed by atoms with Crippen LogP contribution in [0.25, 0.3) is 0 Å². The van der Waals surface area contributed by atoms with Crippen LogP contribution < -0.4 is 21.4 Å². The molecule has 4 aliphatic heterocycles. The van der Waals surface area contributed by atoms with E-state index in [2.05, 4.69) is 41.3 Å². The lowest BCUT2D eigenvalue weighted by Gasteiger charge is -2.51. The van der Waals surface area contributed by atoms with Crippen LogP contribution >= 0.6 is 0 Å². The summed E-state index contributed by atoms with van der Waals surface area (Å²) in [4.78, 5) is 82.1. The summed E-state index contributed by atoms with van der Waals surface area (Å²) in [5, 5.41) is 54.0. The molecule has 1 spiro atoms. The van der Waals surface area contributed by atoms with Gasteiger partial charge < -0.3 is 50.6 Å². The van der Waals surface area contributed by atoms with Crippen LogP contribution in [0.2, 0.25) is 0 Å². The second-order valence-electron chi connectivity index (χ2n) is 22.9. The Hall–Kier alpha value is -5.60. The molecule has 1 aromatic rings. The van der Waals surface area contributed by atoms with Crippen molar-refractivity contribution in [3.05, 3.63) is 89.1 Å². The van der Waals surface area contributed by atoms with Crippen molar-refractivity contribution in [2.24, 2.45) is 41.4 Å². The number of phenolic OH excluding ortho intramolecular Hbond substituents is 1. The van der Waals surface area contributed by atoms with E-state index in [1.807, 2.05) is 39.0 Å². The number of esters is 1. The number of carbonyl (C=O) groups excluding carboxylic acids is 6. The van der Waals surface area contributed by atoms with Crippen molar-refractivity contribution in [3.63, 3.8) is 0 Å². The molecule has 8 N–H and O–H groups in total. The van der Waals surface area contributed by atoms with E-state index in [-0.39, 0.29) is 79.3 Å². The number of carbonyl (C=O) groups is 6. The van der Waals surface area contributed by atoms with Crippen LogP contribution in [-0.2, 0) is 44.7 Å². The van der Waals surface area contributed by atoms with Gasteiger partial charge in [0.1, 0.15) is 30.0 Å². The monoisotopic (exact) mass is 1110 g/mol. The number of hydrazine groups is 1. The number of phenols is 1. The zero-order valence-electron chi connectivity index (χ0n) is 47.7. The van der Waals surface area contributed by atoms with Crippen molar-refractivity contribution in [2.75, 3.05) is 6.54 Å². The molecule has 438 valence electrons.